The van der Waals surface area contributed by atoms with Gasteiger partial charge in [0.05, 0.1) is 25.6 Å². The van der Waals surface area contributed by atoms with Crippen LogP contribution < -0.4 is 0 Å². The number of ketones is 1. The number of aliphatic hydroxyl groups is 1. The smallest absolute Gasteiger partial charge is 0.306 e. The van der Waals surface area contributed by atoms with Gasteiger partial charge in [-0.15, -0.1) is 0 Å². The number of carbonyl (C=O) groups excluding carboxylic acids is 2. The molecule has 1 aromatic rings. The Morgan fingerprint density at radius 2 is 1.83 bits per heavy atom. The number of hydrogen-bond acceptors (Lipinski definition) is 10. The molecule has 3 saturated carbocycles. The number of ether oxygens (including phenoxy) is 5. The minimum Gasteiger partial charge on any atom is -0.508 e. The third-order valence-corrected chi connectivity index (χ3v) is 12.7. The minimum atomic E-state index is -1.04. The van der Waals surface area contributed by atoms with Crippen molar-refractivity contribution in [3.05, 3.63) is 41.5 Å². The minimum absolute atomic E-state index is 0.0443. The average Bonchev–Trinajstić information content (AvgIpc) is 3.71. The predicted molar refractivity (Wildman–Crippen MR) is 160 cm³/mol. The summed E-state index contributed by atoms with van der Waals surface area (Å²) in [6.07, 6.45) is 4.47. The summed E-state index contributed by atoms with van der Waals surface area (Å²) in [5.74, 6) is -3.13. The number of phenols is 1. The molecule has 11 nitrogen and oxygen atoms in total. The topological polar surface area (TPSA) is 158 Å². The Labute approximate surface area is 268 Å². The van der Waals surface area contributed by atoms with Gasteiger partial charge in [-0.25, -0.2) is 0 Å². The molecule has 3 N–H and O–H groups in total. The van der Waals surface area contributed by atoms with Gasteiger partial charge in [-0.1, -0.05) is 31.6 Å². The zero-order valence-electron chi connectivity index (χ0n) is 26.4. The van der Waals surface area contributed by atoms with Crippen LogP contribution in [0.25, 0.3) is 0 Å². The molecule has 2 aliphatic heterocycles. The SMILES string of the molecule is C[C@]12CCC(=O)C=C1[C@H](COC(=O)CC(CC(=O)O)c1ccc(O)cc1)C[C@@H]1[C@@H]2[C@@H](O)C[C@@]2(C)[C@H]1CC[C@@]21OCOC12COCO2. The number of esters is 1. The van der Waals surface area contributed by atoms with Gasteiger partial charge in [-0.05, 0) is 79.0 Å². The number of phenolic OH excluding ortho intramolecular Hbond substituents is 1. The van der Waals surface area contributed by atoms with E-state index in [0.29, 0.717) is 37.7 Å². The molecule has 0 radical (unpaired) electrons. The fraction of sp³-hybridized carbons (Fsp3) is 0.686. The van der Waals surface area contributed by atoms with Gasteiger partial charge in [0.2, 0.25) is 5.79 Å². The zero-order chi connectivity index (χ0) is 32.5. The highest BCUT2D eigenvalue weighted by Crippen LogP contribution is 2.72. The number of aliphatic hydroxyl groups excluding tert-OH is 1. The molecule has 7 rings (SSSR count). The van der Waals surface area contributed by atoms with Gasteiger partial charge in [0.15, 0.2) is 19.4 Å². The lowest BCUT2D eigenvalue weighted by atomic mass is 9.43. The normalized spacial score (nSPS) is 41.9. The Balaban J connectivity index is 1.15. The Morgan fingerprint density at radius 1 is 1.07 bits per heavy atom. The first kappa shape index (κ1) is 31.8. The van der Waals surface area contributed by atoms with Gasteiger partial charge in [0.1, 0.15) is 18.0 Å². The standard InChI is InChI=1S/C35H44O11/c1-32-9-7-24(37)14-27(32)22(16-43-30(41)13-21(12-29(39)40)20-3-5-23(36)6-4-20)11-25-26-8-10-34(33(26,2)15-28(38)31(25)32)35(46-19-44-34)17-42-18-45-35/h3-6,14,21-22,25-26,28,31,36,38H,7-13,15-19H2,1-2H3,(H,39,40)/t21?,22-,25-,26-,28-,31+,32-,33-,34+,35?/m0/s1. The highest BCUT2D eigenvalue weighted by Gasteiger charge is 2.77. The van der Waals surface area contributed by atoms with Crippen LogP contribution in [0.4, 0.5) is 0 Å². The largest absolute Gasteiger partial charge is 0.508 e. The molecule has 0 bridgehead atoms. The van der Waals surface area contributed by atoms with Gasteiger partial charge < -0.3 is 39.0 Å². The predicted octanol–water partition coefficient (Wildman–Crippen LogP) is 4.06. The molecule has 10 atom stereocenters. The number of carboxylic acid groups (broad SMARTS) is 1. The van der Waals surface area contributed by atoms with Crippen molar-refractivity contribution in [1.82, 2.24) is 0 Å². The molecule has 6 aliphatic rings. The first-order valence-electron chi connectivity index (χ1n) is 16.5. The van der Waals surface area contributed by atoms with E-state index in [1.807, 2.05) is 0 Å². The van der Waals surface area contributed by atoms with Gasteiger partial charge >= 0.3 is 11.9 Å². The third kappa shape index (κ3) is 4.76. The first-order chi connectivity index (χ1) is 21.9. The van der Waals surface area contributed by atoms with Crippen LogP contribution in [-0.2, 0) is 38.1 Å². The van der Waals surface area contributed by atoms with E-state index >= 15 is 0 Å². The van der Waals surface area contributed by atoms with E-state index in [4.69, 9.17) is 23.7 Å². The lowest BCUT2D eigenvalue weighted by molar-refractivity contribution is -0.258. The summed E-state index contributed by atoms with van der Waals surface area (Å²) in [7, 11) is 0. The van der Waals surface area contributed by atoms with Crippen molar-refractivity contribution >= 4 is 17.7 Å². The van der Waals surface area contributed by atoms with Crippen LogP contribution in [0.15, 0.2) is 35.9 Å². The molecule has 250 valence electrons. The van der Waals surface area contributed by atoms with E-state index in [1.54, 1.807) is 18.2 Å². The number of benzene rings is 1. The molecule has 2 saturated heterocycles. The van der Waals surface area contributed by atoms with Crippen molar-refractivity contribution in [2.75, 3.05) is 26.8 Å². The Morgan fingerprint density at radius 3 is 2.54 bits per heavy atom. The number of rotatable bonds is 7. The van der Waals surface area contributed by atoms with Crippen molar-refractivity contribution in [1.29, 1.82) is 0 Å². The van der Waals surface area contributed by atoms with Crippen LogP contribution in [0, 0.1) is 34.5 Å². The monoisotopic (exact) mass is 640 g/mol. The van der Waals surface area contributed by atoms with Crippen molar-refractivity contribution < 1.29 is 53.4 Å². The molecule has 0 aromatic heterocycles. The highest BCUT2D eigenvalue weighted by molar-refractivity contribution is 5.91. The lowest BCUT2D eigenvalue weighted by Crippen LogP contribution is -2.66. The lowest BCUT2D eigenvalue weighted by Gasteiger charge is -2.62. The van der Waals surface area contributed by atoms with Crippen LogP contribution in [0.5, 0.6) is 5.75 Å². The molecule has 2 spiro atoms. The van der Waals surface area contributed by atoms with Crippen LogP contribution in [0.1, 0.15) is 76.7 Å². The van der Waals surface area contributed by atoms with E-state index in [0.717, 1.165) is 12.0 Å². The summed E-state index contributed by atoms with van der Waals surface area (Å²) >= 11 is 0. The maximum atomic E-state index is 13.3. The Kier molecular flexibility index (Phi) is 7.87. The van der Waals surface area contributed by atoms with E-state index in [1.165, 1.54) is 12.1 Å². The van der Waals surface area contributed by atoms with Gasteiger partial charge in [-0.2, -0.15) is 0 Å². The quantitative estimate of drug-likeness (QED) is 0.369. The molecule has 46 heavy (non-hydrogen) atoms. The molecule has 4 aliphatic carbocycles. The fourth-order valence-electron chi connectivity index (χ4n) is 10.8. The first-order valence-corrected chi connectivity index (χ1v) is 16.5. The summed E-state index contributed by atoms with van der Waals surface area (Å²) in [4.78, 5) is 37.7. The molecule has 0 amide bonds. The second kappa shape index (κ2) is 11.4. The number of carbonyl (C=O) groups is 3. The molecular weight excluding hydrogens is 596 g/mol. The second-order valence-electron chi connectivity index (χ2n) is 14.8. The molecule has 1 aromatic carbocycles. The molecule has 5 fully saturated rings. The molecule has 11 heteroatoms. The summed E-state index contributed by atoms with van der Waals surface area (Å²) < 4.78 is 30.3. The molecule has 2 unspecified atom stereocenters. The van der Waals surface area contributed by atoms with Gasteiger partial charge in [0, 0.05) is 23.7 Å². The van der Waals surface area contributed by atoms with Gasteiger partial charge in [0.25, 0.3) is 0 Å². The van der Waals surface area contributed by atoms with Crippen molar-refractivity contribution in [3.8, 4) is 5.75 Å². The van der Waals surface area contributed by atoms with Gasteiger partial charge in [-0.3, -0.25) is 14.4 Å². The number of carboxylic acids is 1. The van der Waals surface area contributed by atoms with Crippen molar-refractivity contribution in [2.24, 2.45) is 34.5 Å². The summed E-state index contributed by atoms with van der Waals surface area (Å²) in [6, 6.07) is 6.18. The fourth-order valence-corrected chi connectivity index (χ4v) is 10.8. The maximum Gasteiger partial charge on any atom is 0.306 e. The number of fused-ring (bicyclic) bond motifs is 7. The highest BCUT2D eigenvalue weighted by atomic mass is 16.9. The summed E-state index contributed by atoms with van der Waals surface area (Å²) in [5.41, 5.74) is -0.0979. The Hall–Kier alpha value is -2.83. The average molecular weight is 641 g/mol. The molecule has 2 heterocycles. The van der Waals surface area contributed by atoms with E-state index < -0.39 is 46.2 Å². The number of aromatic hydroxyl groups is 1. The second-order valence-corrected chi connectivity index (χ2v) is 14.8. The third-order valence-electron chi connectivity index (χ3n) is 12.7. The van der Waals surface area contributed by atoms with Crippen LogP contribution in [0.2, 0.25) is 0 Å². The summed E-state index contributed by atoms with van der Waals surface area (Å²) in [6.45, 7) is 4.94. The van der Waals surface area contributed by atoms with E-state index in [-0.39, 0.29) is 74.8 Å². The Bertz CT molecular complexity index is 1410. The zero-order valence-corrected chi connectivity index (χ0v) is 26.4. The summed E-state index contributed by atoms with van der Waals surface area (Å²) in [5, 5.41) is 31.2. The van der Waals surface area contributed by atoms with E-state index in [2.05, 4.69) is 13.8 Å². The number of aliphatic carboxylic acids is 1. The van der Waals surface area contributed by atoms with E-state index in [9.17, 15) is 29.7 Å². The van der Waals surface area contributed by atoms with Crippen LogP contribution >= 0.6 is 0 Å². The maximum absolute atomic E-state index is 13.3. The number of hydrogen-bond donors (Lipinski definition) is 3. The molecular formula is C35H44O11. The van der Waals surface area contributed by atoms with Crippen molar-refractivity contribution in [2.45, 2.75) is 88.6 Å². The van der Waals surface area contributed by atoms with Crippen molar-refractivity contribution in [3.63, 3.8) is 0 Å². The van der Waals surface area contributed by atoms with Crippen LogP contribution in [-0.4, -0.2) is 77.3 Å². The van der Waals surface area contributed by atoms with Crippen LogP contribution in [0.3, 0.4) is 0 Å².